The van der Waals surface area contributed by atoms with E-state index < -0.39 is 0 Å². The van der Waals surface area contributed by atoms with Gasteiger partial charge in [0.1, 0.15) is 0 Å². The third-order valence-electron chi connectivity index (χ3n) is 3.60. The van der Waals surface area contributed by atoms with E-state index >= 15 is 0 Å². The smallest absolute Gasteiger partial charge is 0.267 e. The van der Waals surface area contributed by atoms with E-state index in [1.54, 1.807) is 6.08 Å². The Balaban J connectivity index is 1.93. The Morgan fingerprint density at radius 1 is 1.00 bits per heavy atom. The number of nitrogens with two attached hydrogens (primary N) is 1. The van der Waals surface area contributed by atoms with Crippen molar-refractivity contribution in [2.45, 2.75) is 58.0 Å². The predicted octanol–water partition coefficient (Wildman–Crippen LogP) is 3.87. The molecule has 0 aromatic heterocycles. The Kier molecular flexibility index (Phi) is 11.8. The number of amides is 1. The monoisotopic (exact) mass is 318 g/mol. The van der Waals surface area contributed by atoms with Gasteiger partial charge in [-0.15, -0.1) is 0 Å². The van der Waals surface area contributed by atoms with Gasteiger partial charge in [-0.3, -0.25) is 9.63 Å². The van der Waals surface area contributed by atoms with Crippen LogP contribution in [-0.2, 0) is 16.2 Å². The summed E-state index contributed by atoms with van der Waals surface area (Å²) in [6, 6.07) is 9.75. The molecule has 0 saturated carbocycles. The van der Waals surface area contributed by atoms with Crippen molar-refractivity contribution >= 4 is 5.91 Å². The molecule has 1 aromatic carbocycles. The second kappa shape index (κ2) is 14.0. The minimum Gasteiger partial charge on any atom is -0.330 e. The van der Waals surface area contributed by atoms with E-state index in [0.717, 1.165) is 31.4 Å². The lowest BCUT2D eigenvalue weighted by Gasteiger charge is -2.03. The Bertz CT molecular complexity index is 432. The molecule has 0 fully saturated rings. The third kappa shape index (κ3) is 11.6. The minimum absolute atomic E-state index is 0.206. The molecule has 1 rings (SSSR count). The lowest BCUT2D eigenvalue weighted by atomic mass is 10.1. The average molecular weight is 318 g/mol. The number of carbonyl (C=O) groups excluding carboxylic acids is 1. The Hall–Kier alpha value is -1.65. The van der Waals surface area contributed by atoms with Gasteiger partial charge in [0.05, 0.1) is 6.61 Å². The molecule has 1 aromatic rings. The van der Waals surface area contributed by atoms with E-state index in [4.69, 9.17) is 10.6 Å². The van der Waals surface area contributed by atoms with Crippen LogP contribution in [0.15, 0.2) is 42.5 Å². The minimum atomic E-state index is -0.206. The maximum absolute atomic E-state index is 11.5. The van der Waals surface area contributed by atoms with Gasteiger partial charge in [0.2, 0.25) is 0 Å². The largest absolute Gasteiger partial charge is 0.330 e. The van der Waals surface area contributed by atoms with E-state index in [1.165, 1.54) is 32.1 Å². The fourth-order valence-corrected chi connectivity index (χ4v) is 2.28. The molecular weight excluding hydrogens is 288 g/mol. The van der Waals surface area contributed by atoms with Gasteiger partial charge in [0.15, 0.2) is 0 Å². The summed E-state index contributed by atoms with van der Waals surface area (Å²) in [6.07, 6.45) is 13.0. The van der Waals surface area contributed by atoms with Crippen LogP contribution in [0.5, 0.6) is 0 Å². The molecule has 3 N–H and O–H groups in total. The van der Waals surface area contributed by atoms with Gasteiger partial charge in [-0.1, -0.05) is 68.5 Å². The van der Waals surface area contributed by atoms with Crippen molar-refractivity contribution < 1.29 is 9.63 Å². The summed E-state index contributed by atoms with van der Waals surface area (Å²) < 4.78 is 0. The zero-order valence-electron chi connectivity index (χ0n) is 14.0. The number of carbonyl (C=O) groups is 1. The van der Waals surface area contributed by atoms with Crippen LogP contribution < -0.4 is 11.2 Å². The van der Waals surface area contributed by atoms with Gasteiger partial charge < -0.3 is 5.73 Å². The van der Waals surface area contributed by atoms with Crippen LogP contribution in [0.25, 0.3) is 0 Å². The van der Waals surface area contributed by atoms with E-state index in [-0.39, 0.29) is 5.91 Å². The molecule has 0 atom stereocenters. The van der Waals surface area contributed by atoms with Crippen molar-refractivity contribution in [1.29, 1.82) is 0 Å². The van der Waals surface area contributed by atoms with Crippen LogP contribution in [0.2, 0.25) is 0 Å². The van der Waals surface area contributed by atoms with Gasteiger partial charge in [-0.05, 0) is 31.4 Å². The number of allylic oxidation sites excluding steroid dienone is 1. The van der Waals surface area contributed by atoms with E-state index in [0.29, 0.717) is 6.61 Å². The fourth-order valence-electron chi connectivity index (χ4n) is 2.28. The molecular formula is C19H30N2O2. The zero-order valence-corrected chi connectivity index (χ0v) is 14.0. The molecule has 0 spiro atoms. The number of hydrogen-bond acceptors (Lipinski definition) is 3. The first-order chi connectivity index (χ1) is 11.3. The topological polar surface area (TPSA) is 64.4 Å². The Labute approximate surface area is 140 Å². The summed E-state index contributed by atoms with van der Waals surface area (Å²) in [5.74, 6) is -0.206. The summed E-state index contributed by atoms with van der Waals surface area (Å²) >= 11 is 0. The number of nitrogens with one attached hydrogen (secondary N) is 1. The molecule has 0 radical (unpaired) electrons. The number of benzene rings is 1. The molecule has 4 heteroatoms. The summed E-state index contributed by atoms with van der Waals surface area (Å²) in [7, 11) is 0. The Morgan fingerprint density at radius 3 is 2.35 bits per heavy atom. The molecule has 0 bridgehead atoms. The highest BCUT2D eigenvalue weighted by atomic mass is 16.6. The number of rotatable bonds is 13. The molecule has 1 amide bonds. The summed E-state index contributed by atoms with van der Waals surface area (Å²) in [5.41, 5.74) is 8.92. The number of hydroxylamine groups is 1. The number of unbranched alkanes of at least 4 members (excludes halogenated alkanes) is 7. The quantitative estimate of drug-likeness (QED) is 0.330. The summed E-state index contributed by atoms with van der Waals surface area (Å²) in [6.45, 7) is 1.19. The lowest BCUT2D eigenvalue weighted by molar-refractivity contribution is -0.129. The van der Waals surface area contributed by atoms with Crippen molar-refractivity contribution in [2.75, 3.05) is 6.54 Å². The van der Waals surface area contributed by atoms with Crippen LogP contribution in [-0.4, -0.2) is 12.5 Å². The second-order valence-electron chi connectivity index (χ2n) is 5.70. The van der Waals surface area contributed by atoms with Gasteiger partial charge in [-0.25, -0.2) is 5.48 Å². The van der Waals surface area contributed by atoms with Gasteiger partial charge in [0.25, 0.3) is 5.91 Å². The van der Waals surface area contributed by atoms with Crippen LogP contribution in [0, 0.1) is 0 Å². The third-order valence-corrected chi connectivity index (χ3v) is 3.60. The molecule has 128 valence electrons. The zero-order chi connectivity index (χ0) is 16.6. The maximum atomic E-state index is 11.5. The first-order valence-electron chi connectivity index (χ1n) is 8.65. The molecule has 0 heterocycles. The SMILES string of the molecule is NCCCCCCCCCC=CC(=O)NOCc1ccccc1. The second-order valence-corrected chi connectivity index (χ2v) is 5.70. The molecule has 4 nitrogen and oxygen atoms in total. The van der Waals surface area contributed by atoms with Crippen molar-refractivity contribution in [3.05, 3.63) is 48.0 Å². The molecule has 0 aliphatic heterocycles. The predicted molar refractivity (Wildman–Crippen MR) is 94.5 cm³/mol. The summed E-state index contributed by atoms with van der Waals surface area (Å²) in [4.78, 5) is 16.7. The first kappa shape index (κ1) is 19.4. The van der Waals surface area contributed by atoms with Gasteiger partial charge in [-0.2, -0.15) is 0 Å². The fraction of sp³-hybridized carbons (Fsp3) is 0.526. The molecule has 23 heavy (non-hydrogen) atoms. The van der Waals surface area contributed by atoms with Gasteiger partial charge >= 0.3 is 0 Å². The maximum Gasteiger partial charge on any atom is 0.267 e. The molecule has 0 aliphatic carbocycles. The highest BCUT2D eigenvalue weighted by Crippen LogP contribution is 2.08. The number of hydrogen-bond donors (Lipinski definition) is 2. The van der Waals surface area contributed by atoms with E-state index in [1.807, 2.05) is 36.4 Å². The Morgan fingerprint density at radius 2 is 1.65 bits per heavy atom. The highest BCUT2D eigenvalue weighted by Gasteiger charge is 1.96. The molecule has 0 aliphatic rings. The lowest BCUT2D eigenvalue weighted by Crippen LogP contribution is -2.21. The molecule has 0 unspecified atom stereocenters. The van der Waals surface area contributed by atoms with Crippen molar-refractivity contribution in [3.8, 4) is 0 Å². The standard InChI is InChI=1S/C19H30N2O2/c20-16-12-7-5-3-1-2-4-6-11-15-19(22)21-23-17-18-13-9-8-10-14-18/h8-11,13-15H,1-7,12,16-17,20H2,(H,21,22). The molecule has 0 saturated heterocycles. The summed E-state index contributed by atoms with van der Waals surface area (Å²) in [5, 5.41) is 0. The van der Waals surface area contributed by atoms with E-state index in [2.05, 4.69) is 5.48 Å². The van der Waals surface area contributed by atoms with Crippen LogP contribution in [0.3, 0.4) is 0 Å². The first-order valence-corrected chi connectivity index (χ1v) is 8.65. The van der Waals surface area contributed by atoms with Gasteiger partial charge in [0, 0.05) is 6.08 Å². The van der Waals surface area contributed by atoms with Crippen molar-refractivity contribution in [1.82, 2.24) is 5.48 Å². The van der Waals surface area contributed by atoms with E-state index in [9.17, 15) is 4.79 Å². The van der Waals surface area contributed by atoms with Crippen LogP contribution in [0.4, 0.5) is 0 Å². The normalized spacial score (nSPS) is 11.0. The highest BCUT2D eigenvalue weighted by molar-refractivity contribution is 5.86. The average Bonchev–Trinajstić information content (AvgIpc) is 2.57. The van der Waals surface area contributed by atoms with Crippen molar-refractivity contribution in [2.24, 2.45) is 5.73 Å². The van der Waals surface area contributed by atoms with Crippen LogP contribution >= 0.6 is 0 Å². The van der Waals surface area contributed by atoms with Crippen LogP contribution in [0.1, 0.15) is 56.9 Å². The van der Waals surface area contributed by atoms with Crippen molar-refractivity contribution in [3.63, 3.8) is 0 Å².